The Hall–Kier alpha value is -2.53. The van der Waals surface area contributed by atoms with Gasteiger partial charge in [-0.2, -0.15) is 0 Å². The molecule has 2 heterocycles. The molecule has 0 aromatic heterocycles. The maximum absolute atomic E-state index is 12.5. The van der Waals surface area contributed by atoms with Crippen molar-refractivity contribution in [3.8, 4) is 0 Å². The van der Waals surface area contributed by atoms with Gasteiger partial charge in [-0.3, -0.25) is 19.3 Å². The average Bonchev–Trinajstić information content (AvgIpc) is 2.70. The van der Waals surface area contributed by atoms with Crippen molar-refractivity contribution in [2.45, 2.75) is 17.5 Å². The van der Waals surface area contributed by atoms with Crippen LogP contribution in [-0.4, -0.2) is 56.9 Å². The first-order valence-electron chi connectivity index (χ1n) is 6.66. The summed E-state index contributed by atoms with van der Waals surface area (Å²) in [6.45, 7) is -0.444. The molecule has 23 heavy (non-hydrogen) atoms. The molecular weight excluding hydrogens is 306 g/mol. The van der Waals surface area contributed by atoms with Gasteiger partial charge in [0.25, 0.3) is 11.8 Å². The van der Waals surface area contributed by atoms with Crippen LogP contribution >= 0.6 is 0 Å². The highest BCUT2D eigenvalue weighted by molar-refractivity contribution is 6.25. The van der Waals surface area contributed by atoms with Gasteiger partial charge in [-0.15, -0.1) is 0 Å². The molecule has 0 spiro atoms. The van der Waals surface area contributed by atoms with Gasteiger partial charge in [0.15, 0.2) is 6.04 Å². The molecule has 122 valence electrons. The van der Waals surface area contributed by atoms with E-state index in [9.17, 15) is 24.6 Å². The number of aliphatic hydroxyl groups is 2. The molecule has 1 saturated heterocycles. The highest BCUT2D eigenvalue weighted by atomic mass is 16.5. The fourth-order valence-corrected chi connectivity index (χ4v) is 2.76. The quantitative estimate of drug-likeness (QED) is 0.176. The van der Waals surface area contributed by atoms with Crippen molar-refractivity contribution in [2.75, 3.05) is 12.3 Å². The van der Waals surface area contributed by atoms with Gasteiger partial charge in [-0.05, 0) is 12.1 Å². The third-order valence-corrected chi connectivity index (χ3v) is 4.11. The summed E-state index contributed by atoms with van der Waals surface area (Å²) in [7, 11) is 0. The van der Waals surface area contributed by atoms with E-state index < -0.39 is 41.8 Å². The second-order valence-corrected chi connectivity index (χ2v) is 5.64. The number of nitrogens with one attached hydrogen (secondary N) is 1. The van der Waals surface area contributed by atoms with Gasteiger partial charge in [0.2, 0.25) is 11.7 Å². The minimum absolute atomic E-state index is 0.0350. The van der Waals surface area contributed by atoms with Gasteiger partial charge in [0.05, 0.1) is 17.7 Å². The molecular formula is C13H15N5O5. The number of rotatable bonds is 1. The van der Waals surface area contributed by atoms with Gasteiger partial charge in [-0.25, -0.2) is 0 Å². The zero-order valence-electron chi connectivity index (χ0n) is 11.8. The van der Waals surface area contributed by atoms with Crippen molar-refractivity contribution in [2.24, 2.45) is 11.5 Å². The molecule has 1 aromatic carbocycles. The molecule has 3 rings (SSSR count). The van der Waals surface area contributed by atoms with E-state index in [0.717, 1.165) is 0 Å². The standard InChI is InChI=1S/C13H15N5O5/c14-6-3-1-2-5-7(6)11(21)18(10(5)20)8-9(19)17-4-12(15,16)13(8,22)23/h1-3,8,22-23H,4,14-16H2,(H,17,19). The van der Waals surface area contributed by atoms with Crippen LogP contribution in [0.1, 0.15) is 20.7 Å². The monoisotopic (exact) mass is 321 g/mol. The molecule has 0 aliphatic carbocycles. The maximum Gasteiger partial charge on any atom is 0.264 e. The molecule has 0 bridgehead atoms. The summed E-state index contributed by atoms with van der Waals surface area (Å²) in [5, 5.41) is 22.7. The number of nitrogens with zero attached hydrogens (tertiary/aromatic N) is 1. The molecule has 10 heteroatoms. The van der Waals surface area contributed by atoms with Gasteiger partial charge < -0.3 is 32.7 Å². The van der Waals surface area contributed by atoms with Crippen LogP contribution in [0.15, 0.2) is 18.2 Å². The van der Waals surface area contributed by atoms with E-state index in [1.807, 2.05) is 0 Å². The summed E-state index contributed by atoms with van der Waals surface area (Å²) >= 11 is 0. The summed E-state index contributed by atoms with van der Waals surface area (Å²) in [6, 6.07) is 2.22. The fourth-order valence-electron chi connectivity index (χ4n) is 2.76. The van der Waals surface area contributed by atoms with Crippen LogP contribution in [-0.2, 0) is 4.79 Å². The maximum atomic E-state index is 12.5. The van der Waals surface area contributed by atoms with Crippen molar-refractivity contribution >= 4 is 23.4 Å². The number of carbonyl (C=O) groups excluding carboxylic acids is 3. The molecule has 3 amide bonds. The van der Waals surface area contributed by atoms with Crippen LogP contribution in [0.5, 0.6) is 0 Å². The minimum Gasteiger partial charge on any atom is -0.398 e. The van der Waals surface area contributed by atoms with Crippen LogP contribution in [0.2, 0.25) is 0 Å². The normalized spacial score (nSPS) is 25.3. The van der Waals surface area contributed by atoms with Gasteiger partial charge in [-0.1, -0.05) is 6.07 Å². The van der Waals surface area contributed by atoms with E-state index in [2.05, 4.69) is 5.32 Å². The van der Waals surface area contributed by atoms with Crippen LogP contribution in [0, 0.1) is 0 Å². The van der Waals surface area contributed by atoms with Gasteiger partial charge in [0.1, 0.15) is 5.66 Å². The van der Waals surface area contributed by atoms with Crippen molar-refractivity contribution < 1.29 is 24.6 Å². The highest BCUT2D eigenvalue weighted by Crippen LogP contribution is 2.34. The lowest BCUT2D eigenvalue weighted by Crippen LogP contribution is -2.83. The molecule has 10 nitrogen and oxygen atoms in total. The molecule has 1 aromatic rings. The number of amides is 3. The first-order chi connectivity index (χ1) is 10.6. The second kappa shape index (κ2) is 4.49. The first kappa shape index (κ1) is 15.4. The van der Waals surface area contributed by atoms with Crippen molar-refractivity contribution in [3.63, 3.8) is 0 Å². The van der Waals surface area contributed by atoms with Crippen molar-refractivity contribution in [3.05, 3.63) is 29.3 Å². The summed E-state index contributed by atoms with van der Waals surface area (Å²) in [5.74, 6) is -5.79. The van der Waals surface area contributed by atoms with E-state index >= 15 is 0 Å². The molecule has 1 fully saturated rings. The Labute approximate surface area is 129 Å². The van der Waals surface area contributed by atoms with E-state index in [4.69, 9.17) is 17.2 Å². The Morgan fingerprint density at radius 1 is 1.17 bits per heavy atom. The number of hydrogen-bond acceptors (Lipinski definition) is 8. The minimum atomic E-state index is -3.02. The van der Waals surface area contributed by atoms with Crippen molar-refractivity contribution in [1.29, 1.82) is 0 Å². The Kier molecular flexibility index (Phi) is 3.00. The molecule has 9 N–H and O–H groups in total. The summed E-state index contributed by atoms with van der Waals surface area (Å²) in [4.78, 5) is 37.5. The summed E-state index contributed by atoms with van der Waals surface area (Å²) in [5.41, 5.74) is 14.6. The number of nitrogens with two attached hydrogens (primary N) is 3. The van der Waals surface area contributed by atoms with E-state index in [0.29, 0.717) is 4.90 Å². The molecule has 2 aliphatic heterocycles. The largest absolute Gasteiger partial charge is 0.398 e. The molecule has 1 unspecified atom stereocenters. The van der Waals surface area contributed by atoms with Gasteiger partial charge >= 0.3 is 0 Å². The lowest BCUT2D eigenvalue weighted by molar-refractivity contribution is -0.243. The van der Waals surface area contributed by atoms with Gasteiger partial charge in [0, 0.05) is 5.69 Å². The number of fused-ring (bicyclic) bond motifs is 1. The summed E-state index contributed by atoms with van der Waals surface area (Å²) < 4.78 is 0. The smallest absolute Gasteiger partial charge is 0.264 e. The second-order valence-electron chi connectivity index (χ2n) is 5.64. The number of imide groups is 1. The Morgan fingerprint density at radius 3 is 2.43 bits per heavy atom. The molecule has 0 saturated carbocycles. The molecule has 0 radical (unpaired) electrons. The highest BCUT2D eigenvalue weighted by Gasteiger charge is 2.62. The van der Waals surface area contributed by atoms with E-state index in [1.54, 1.807) is 0 Å². The third kappa shape index (κ3) is 1.86. The fraction of sp³-hybridized carbons (Fsp3) is 0.308. The van der Waals surface area contributed by atoms with Crippen molar-refractivity contribution in [1.82, 2.24) is 10.2 Å². The number of carbonyl (C=O) groups is 3. The average molecular weight is 321 g/mol. The number of nitrogen functional groups attached to an aromatic ring is 1. The van der Waals surface area contributed by atoms with E-state index in [-0.39, 0.29) is 16.8 Å². The molecule has 2 aliphatic rings. The topological polar surface area (TPSA) is 185 Å². The van der Waals surface area contributed by atoms with Crippen LogP contribution in [0.4, 0.5) is 5.69 Å². The number of piperidine rings is 1. The van der Waals surface area contributed by atoms with Crippen LogP contribution in [0.3, 0.4) is 0 Å². The number of anilines is 1. The molecule has 1 atom stereocenters. The summed E-state index contributed by atoms with van der Waals surface area (Å²) in [6.07, 6.45) is 0. The zero-order valence-corrected chi connectivity index (χ0v) is 11.8. The Bertz CT molecular complexity index is 744. The zero-order chi connectivity index (χ0) is 17.2. The predicted molar refractivity (Wildman–Crippen MR) is 76.4 cm³/mol. The van der Waals surface area contributed by atoms with Crippen LogP contribution in [0.25, 0.3) is 0 Å². The lowest BCUT2D eigenvalue weighted by atomic mass is 9.87. The van der Waals surface area contributed by atoms with E-state index in [1.165, 1.54) is 18.2 Å². The SMILES string of the molecule is Nc1cccc2c1C(=O)N(C1C(=O)NCC(N)(N)C1(O)O)C2=O. The Balaban J connectivity index is 2.12. The number of hydrogen-bond donors (Lipinski definition) is 6. The van der Waals surface area contributed by atoms with Crippen LogP contribution < -0.4 is 22.5 Å². The number of benzene rings is 1. The third-order valence-electron chi connectivity index (χ3n) is 4.11. The lowest BCUT2D eigenvalue weighted by Gasteiger charge is -2.47. The Morgan fingerprint density at radius 2 is 1.83 bits per heavy atom. The first-order valence-corrected chi connectivity index (χ1v) is 6.66. The predicted octanol–water partition coefficient (Wildman–Crippen LogP) is -3.34.